The molecule has 2 aromatic carbocycles. The van der Waals surface area contributed by atoms with Crippen LogP contribution in [0.15, 0.2) is 60.7 Å². The van der Waals surface area contributed by atoms with Crippen LogP contribution in [0.2, 0.25) is 5.04 Å². The van der Waals surface area contributed by atoms with Gasteiger partial charge >= 0.3 is 5.97 Å². The van der Waals surface area contributed by atoms with Gasteiger partial charge in [-0.2, -0.15) is 5.26 Å². The first-order chi connectivity index (χ1) is 12.3. The number of carbonyl (C=O) groups is 1. The summed E-state index contributed by atoms with van der Waals surface area (Å²) < 4.78 is 6.57. The zero-order chi connectivity index (χ0) is 19.2. The first kappa shape index (κ1) is 19.9. The number of rotatable bonds is 7. The van der Waals surface area contributed by atoms with E-state index in [1.165, 1.54) is 0 Å². The fourth-order valence-electron chi connectivity index (χ4n) is 3.34. The van der Waals surface area contributed by atoms with Crippen molar-refractivity contribution in [2.24, 2.45) is 5.92 Å². The van der Waals surface area contributed by atoms with Crippen molar-refractivity contribution in [3.63, 3.8) is 0 Å². The third kappa shape index (κ3) is 4.21. The van der Waals surface area contributed by atoms with Crippen LogP contribution in [0.3, 0.4) is 0 Å². The van der Waals surface area contributed by atoms with Gasteiger partial charge in [0, 0.05) is 0 Å². The predicted octanol–water partition coefficient (Wildman–Crippen LogP) is 3.18. The molecule has 2 aromatic rings. The molecule has 4 nitrogen and oxygen atoms in total. The minimum absolute atomic E-state index is 0.107. The first-order valence-electron chi connectivity index (χ1n) is 8.67. The second kappa shape index (κ2) is 8.30. The Balaban J connectivity index is 2.54. The highest BCUT2D eigenvalue weighted by molar-refractivity contribution is 6.99. The molecular formula is C21H25NO3Si. The lowest BCUT2D eigenvalue weighted by Gasteiger charge is -2.43. The average Bonchev–Trinajstić information content (AvgIpc) is 2.61. The lowest BCUT2D eigenvalue weighted by atomic mass is 10.1. The quantitative estimate of drug-likeness (QED) is 0.763. The highest BCUT2D eigenvalue weighted by atomic mass is 28.4. The van der Waals surface area contributed by atoms with Gasteiger partial charge in [-0.1, -0.05) is 81.4 Å². The summed E-state index contributed by atoms with van der Waals surface area (Å²) in [7, 11) is -2.72. The maximum Gasteiger partial charge on any atom is 0.304 e. The van der Waals surface area contributed by atoms with E-state index in [0.29, 0.717) is 0 Å². The van der Waals surface area contributed by atoms with E-state index in [1.54, 1.807) is 0 Å². The lowest BCUT2D eigenvalue weighted by molar-refractivity contribution is -0.137. The summed E-state index contributed by atoms with van der Waals surface area (Å²) in [6.45, 7) is 6.56. The maximum atomic E-state index is 11.0. The molecule has 0 saturated heterocycles. The molecule has 0 saturated carbocycles. The average molecular weight is 368 g/mol. The summed E-state index contributed by atoms with van der Waals surface area (Å²) in [6.07, 6.45) is -0.214. The van der Waals surface area contributed by atoms with E-state index in [4.69, 9.17) is 9.53 Å². The van der Waals surface area contributed by atoms with E-state index in [0.717, 1.165) is 10.4 Å². The second-order valence-corrected chi connectivity index (χ2v) is 11.7. The molecule has 1 unspecified atom stereocenters. The normalized spacial score (nSPS) is 13.0. The Hall–Kier alpha value is -2.42. The molecular weight excluding hydrogens is 342 g/mol. The first-order valence-corrected chi connectivity index (χ1v) is 10.6. The van der Waals surface area contributed by atoms with Crippen molar-refractivity contribution in [2.45, 2.75) is 32.2 Å². The molecule has 0 bridgehead atoms. The number of hydrogen-bond acceptors (Lipinski definition) is 3. The van der Waals surface area contributed by atoms with Crippen molar-refractivity contribution >= 4 is 24.7 Å². The van der Waals surface area contributed by atoms with Gasteiger partial charge in [0.1, 0.15) is 0 Å². The van der Waals surface area contributed by atoms with Gasteiger partial charge in [-0.15, -0.1) is 0 Å². The van der Waals surface area contributed by atoms with Crippen LogP contribution in [-0.4, -0.2) is 26.0 Å². The van der Waals surface area contributed by atoms with E-state index < -0.39 is 20.2 Å². The van der Waals surface area contributed by atoms with Crippen LogP contribution < -0.4 is 10.4 Å². The monoisotopic (exact) mass is 367 g/mol. The van der Waals surface area contributed by atoms with Crippen LogP contribution in [0.4, 0.5) is 0 Å². The van der Waals surface area contributed by atoms with Crippen molar-refractivity contribution in [3.05, 3.63) is 60.7 Å². The van der Waals surface area contributed by atoms with Crippen LogP contribution in [0, 0.1) is 17.2 Å². The summed E-state index contributed by atoms with van der Waals surface area (Å²) >= 11 is 0. The number of carboxylic acid groups (broad SMARTS) is 1. The second-order valence-electron chi connectivity index (χ2n) is 7.40. The van der Waals surface area contributed by atoms with Crippen LogP contribution in [-0.2, 0) is 9.22 Å². The van der Waals surface area contributed by atoms with Crippen molar-refractivity contribution in [2.75, 3.05) is 6.61 Å². The number of hydrogen-bond donors (Lipinski definition) is 1. The molecule has 1 N–H and O–H groups in total. The highest BCUT2D eigenvalue weighted by Gasteiger charge is 2.50. The fraction of sp³-hybridized carbons (Fsp3) is 0.333. The number of carboxylic acids is 1. The molecule has 0 amide bonds. The van der Waals surface area contributed by atoms with Crippen molar-refractivity contribution in [1.29, 1.82) is 5.26 Å². The van der Waals surface area contributed by atoms with E-state index >= 15 is 0 Å². The summed E-state index contributed by atoms with van der Waals surface area (Å²) in [6, 6.07) is 22.3. The lowest BCUT2D eigenvalue weighted by Crippen LogP contribution is -2.66. The van der Waals surface area contributed by atoms with Gasteiger partial charge in [-0.25, -0.2) is 0 Å². The Morgan fingerprint density at radius 3 is 1.88 bits per heavy atom. The minimum Gasteiger partial charge on any atom is -0.481 e. The molecule has 0 heterocycles. The predicted molar refractivity (Wildman–Crippen MR) is 105 cm³/mol. The molecule has 0 aliphatic rings. The zero-order valence-electron chi connectivity index (χ0n) is 15.5. The van der Waals surface area contributed by atoms with Gasteiger partial charge in [-0.05, 0) is 15.4 Å². The Bertz CT molecular complexity index is 724. The molecule has 0 spiro atoms. The summed E-state index contributed by atoms with van der Waals surface area (Å²) in [4.78, 5) is 11.0. The topological polar surface area (TPSA) is 70.3 Å². The van der Waals surface area contributed by atoms with E-state index in [1.807, 2.05) is 36.4 Å². The third-order valence-corrected chi connectivity index (χ3v) is 9.53. The van der Waals surface area contributed by atoms with Crippen molar-refractivity contribution in [1.82, 2.24) is 0 Å². The van der Waals surface area contributed by atoms with Crippen LogP contribution in [0.25, 0.3) is 0 Å². The number of aliphatic carboxylic acids is 1. The molecule has 2 rings (SSSR count). The summed E-state index contributed by atoms with van der Waals surface area (Å²) in [5.74, 6) is -1.66. The molecule has 5 heteroatoms. The standard InChI is InChI=1S/C21H25NO3Si/c1-21(2,3)26(18-10-6-4-7-11-18,19-12-8-5-9-13-19)25-16-17(15-22)14-20(23)24/h4-13,17H,14,16H2,1-3H3,(H,23,24). The van der Waals surface area contributed by atoms with Gasteiger partial charge in [0.25, 0.3) is 8.32 Å². The van der Waals surface area contributed by atoms with Gasteiger partial charge in [0.05, 0.1) is 25.0 Å². The van der Waals surface area contributed by atoms with Crippen LogP contribution in [0.5, 0.6) is 0 Å². The Morgan fingerprint density at radius 2 is 1.54 bits per heavy atom. The van der Waals surface area contributed by atoms with Gasteiger partial charge in [0.15, 0.2) is 0 Å². The molecule has 0 aliphatic heterocycles. The maximum absolute atomic E-state index is 11.0. The van der Waals surface area contributed by atoms with Crippen LogP contribution in [0.1, 0.15) is 27.2 Å². The van der Waals surface area contributed by atoms with E-state index in [9.17, 15) is 10.1 Å². The van der Waals surface area contributed by atoms with E-state index in [-0.39, 0.29) is 18.1 Å². The number of benzene rings is 2. The molecule has 1 atom stereocenters. The molecule has 0 fully saturated rings. The van der Waals surface area contributed by atoms with Gasteiger partial charge in [0.2, 0.25) is 0 Å². The van der Waals surface area contributed by atoms with Crippen molar-refractivity contribution in [3.8, 4) is 6.07 Å². The van der Waals surface area contributed by atoms with Gasteiger partial charge < -0.3 is 9.53 Å². The molecule has 136 valence electrons. The third-order valence-electron chi connectivity index (χ3n) is 4.52. The zero-order valence-corrected chi connectivity index (χ0v) is 16.5. The SMILES string of the molecule is CC(C)(C)[Si](OCC(C#N)CC(=O)O)(c1ccccc1)c1ccccc1. The summed E-state index contributed by atoms with van der Waals surface area (Å²) in [5.41, 5.74) is 0. The number of nitrogens with zero attached hydrogens (tertiary/aromatic N) is 1. The molecule has 0 aliphatic carbocycles. The molecule has 0 aromatic heterocycles. The summed E-state index contributed by atoms with van der Waals surface area (Å²) in [5, 5.41) is 20.4. The Morgan fingerprint density at radius 1 is 1.08 bits per heavy atom. The van der Waals surface area contributed by atoms with Gasteiger partial charge in [-0.3, -0.25) is 4.79 Å². The van der Waals surface area contributed by atoms with Crippen LogP contribution >= 0.6 is 0 Å². The van der Waals surface area contributed by atoms with Crippen molar-refractivity contribution < 1.29 is 14.3 Å². The minimum atomic E-state index is -2.72. The highest BCUT2D eigenvalue weighted by Crippen LogP contribution is 2.37. The number of nitriles is 1. The fourth-order valence-corrected chi connectivity index (χ4v) is 7.95. The van der Waals surface area contributed by atoms with E-state index in [2.05, 4.69) is 51.1 Å². The smallest absolute Gasteiger partial charge is 0.304 e. The largest absolute Gasteiger partial charge is 0.481 e. The molecule has 26 heavy (non-hydrogen) atoms. The Labute approximate surface area is 156 Å². The Kier molecular flexibility index (Phi) is 6.35. The molecule has 0 radical (unpaired) electrons.